The molecule has 3 rings (SSSR count). The number of hydrogen-bond donors (Lipinski definition) is 1. The van der Waals surface area contributed by atoms with Crippen LogP contribution in [0.4, 0.5) is 9.59 Å². The van der Waals surface area contributed by atoms with E-state index >= 15 is 0 Å². The van der Waals surface area contributed by atoms with E-state index in [1.807, 2.05) is 0 Å². The van der Waals surface area contributed by atoms with Gasteiger partial charge in [0, 0.05) is 27.2 Å². The Balaban J connectivity index is 1.71. The first-order chi connectivity index (χ1) is 10.0. The molecule has 116 valence electrons. The van der Waals surface area contributed by atoms with E-state index in [-0.39, 0.29) is 24.5 Å². The van der Waals surface area contributed by atoms with Crippen LogP contribution >= 0.6 is 0 Å². The summed E-state index contributed by atoms with van der Waals surface area (Å²) in [5.74, 6) is -0.121. The third-order valence-corrected chi connectivity index (χ3v) is 4.22. The predicted molar refractivity (Wildman–Crippen MR) is 71.1 cm³/mol. The maximum atomic E-state index is 12.3. The minimum atomic E-state index is -0.444. The van der Waals surface area contributed by atoms with Crippen molar-refractivity contribution in [3.05, 3.63) is 0 Å². The maximum Gasteiger partial charge on any atom is 0.323 e. The number of nitrogens with zero attached hydrogens (tertiary/aromatic N) is 4. The first-order valence-electron chi connectivity index (χ1n) is 6.93. The Hall–Kier alpha value is -2.03. The molecule has 9 heteroatoms. The SMILES string of the molecule is CN1C(=O)N(C)C2C1NC(=O)N2CC(=O)N1CCOCC1. The van der Waals surface area contributed by atoms with Crippen molar-refractivity contribution >= 4 is 18.0 Å². The number of carbonyl (C=O) groups excluding carboxylic acids is 3. The summed E-state index contributed by atoms with van der Waals surface area (Å²) in [5.41, 5.74) is 0. The second kappa shape index (κ2) is 5.06. The van der Waals surface area contributed by atoms with E-state index in [2.05, 4.69) is 5.32 Å². The van der Waals surface area contributed by atoms with Crippen LogP contribution in [0.5, 0.6) is 0 Å². The average Bonchev–Trinajstić information content (AvgIpc) is 2.91. The van der Waals surface area contributed by atoms with Gasteiger partial charge in [0.1, 0.15) is 18.9 Å². The molecule has 3 heterocycles. The summed E-state index contributed by atoms with van der Waals surface area (Å²) in [5, 5.41) is 2.74. The highest BCUT2D eigenvalue weighted by molar-refractivity contribution is 5.88. The van der Waals surface area contributed by atoms with Gasteiger partial charge in [-0.1, -0.05) is 0 Å². The van der Waals surface area contributed by atoms with Crippen molar-refractivity contribution in [3.8, 4) is 0 Å². The number of nitrogens with one attached hydrogen (secondary N) is 1. The molecule has 3 aliphatic rings. The zero-order valence-corrected chi connectivity index (χ0v) is 12.1. The van der Waals surface area contributed by atoms with Gasteiger partial charge < -0.3 is 24.8 Å². The van der Waals surface area contributed by atoms with Gasteiger partial charge in [-0.3, -0.25) is 9.69 Å². The number of likely N-dealkylation sites (N-methyl/N-ethyl adjacent to an activating group) is 2. The number of morpholine rings is 1. The molecular weight excluding hydrogens is 278 g/mol. The van der Waals surface area contributed by atoms with Gasteiger partial charge in [0.15, 0.2) is 0 Å². The van der Waals surface area contributed by atoms with Crippen LogP contribution in [0.3, 0.4) is 0 Å². The maximum absolute atomic E-state index is 12.3. The van der Waals surface area contributed by atoms with Gasteiger partial charge in [0.05, 0.1) is 13.2 Å². The molecule has 3 saturated heterocycles. The monoisotopic (exact) mass is 297 g/mol. The summed E-state index contributed by atoms with van der Waals surface area (Å²) in [4.78, 5) is 42.3. The second-order valence-electron chi connectivity index (χ2n) is 5.43. The molecule has 0 aromatic heterocycles. The largest absolute Gasteiger partial charge is 0.378 e. The van der Waals surface area contributed by atoms with E-state index in [9.17, 15) is 14.4 Å². The third-order valence-electron chi connectivity index (χ3n) is 4.22. The van der Waals surface area contributed by atoms with Crippen molar-refractivity contribution in [3.63, 3.8) is 0 Å². The van der Waals surface area contributed by atoms with Gasteiger partial charge >= 0.3 is 12.1 Å². The lowest BCUT2D eigenvalue weighted by Crippen LogP contribution is -2.51. The van der Waals surface area contributed by atoms with E-state index in [1.54, 1.807) is 19.0 Å². The first kappa shape index (κ1) is 13.9. The summed E-state index contributed by atoms with van der Waals surface area (Å²) in [6, 6.07) is -0.494. The van der Waals surface area contributed by atoms with E-state index in [4.69, 9.17) is 4.74 Å². The van der Waals surface area contributed by atoms with Crippen molar-refractivity contribution in [1.29, 1.82) is 0 Å². The van der Waals surface area contributed by atoms with E-state index in [1.165, 1.54) is 14.7 Å². The average molecular weight is 297 g/mol. The van der Waals surface area contributed by atoms with E-state index in [0.717, 1.165) is 0 Å². The van der Waals surface area contributed by atoms with Crippen molar-refractivity contribution in [2.45, 2.75) is 12.3 Å². The van der Waals surface area contributed by atoms with Gasteiger partial charge in [0.2, 0.25) is 5.91 Å². The Kier molecular flexibility index (Phi) is 3.36. The van der Waals surface area contributed by atoms with Crippen LogP contribution in [0.1, 0.15) is 0 Å². The Labute approximate surface area is 122 Å². The summed E-state index contributed by atoms with van der Waals surface area (Å²) in [6.07, 6.45) is -0.854. The molecule has 0 bridgehead atoms. The molecule has 0 aromatic carbocycles. The number of rotatable bonds is 2. The molecule has 5 amide bonds. The fourth-order valence-corrected chi connectivity index (χ4v) is 3.00. The van der Waals surface area contributed by atoms with Crippen LogP contribution in [-0.2, 0) is 9.53 Å². The van der Waals surface area contributed by atoms with Gasteiger partial charge in [0.25, 0.3) is 0 Å². The Bertz CT molecular complexity index is 478. The number of amides is 5. The summed E-state index contributed by atoms with van der Waals surface area (Å²) >= 11 is 0. The molecule has 3 aliphatic heterocycles. The van der Waals surface area contributed by atoms with Crippen molar-refractivity contribution in [2.24, 2.45) is 0 Å². The Morgan fingerprint density at radius 3 is 2.57 bits per heavy atom. The molecule has 0 spiro atoms. The van der Waals surface area contributed by atoms with Crippen molar-refractivity contribution < 1.29 is 19.1 Å². The normalized spacial score (nSPS) is 29.0. The van der Waals surface area contributed by atoms with Crippen LogP contribution in [0.25, 0.3) is 0 Å². The topological polar surface area (TPSA) is 85.4 Å². The number of urea groups is 2. The molecule has 3 fully saturated rings. The summed E-state index contributed by atoms with van der Waals surface area (Å²) in [6.45, 7) is 2.09. The minimum absolute atomic E-state index is 0.0293. The highest BCUT2D eigenvalue weighted by Gasteiger charge is 2.52. The third kappa shape index (κ3) is 2.17. The molecule has 0 saturated carbocycles. The predicted octanol–water partition coefficient (Wildman–Crippen LogP) is -1.48. The highest BCUT2D eigenvalue weighted by atomic mass is 16.5. The van der Waals surface area contributed by atoms with Crippen LogP contribution < -0.4 is 5.32 Å². The number of ether oxygens (including phenoxy) is 1. The van der Waals surface area contributed by atoms with E-state index in [0.29, 0.717) is 26.3 Å². The van der Waals surface area contributed by atoms with Crippen LogP contribution in [0.2, 0.25) is 0 Å². The lowest BCUT2D eigenvalue weighted by Gasteiger charge is -2.31. The minimum Gasteiger partial charge on any atom is -0.378 e. The zero-order valence-electron chi connectivity index (χ0n) is 12.1. The van der Waals surface area contributed by atoms with Gasteiger partial charge in [-0.2, -0.15) is 0 Å². The first-order valence-corrected chi connectivity index (χ1v) is 6.93. The molecule has 2 atom stereocenters. The van der Waals surface area contributed by atoms with Gasteiger partial charge in [-0.25, -0.2) is 9.59 Å². The molecule has 2 unspecified atom stereocenters. The fraction of sp³-hybridized carbons (Fsp3) is 0.750. The number of hydrogen-bond acceptors (Lipinski definition) is 4. The molecular formula is C12H19N5O4. The molecule has 0 aromatic rings. The Morgan fingerprint density at radius 2 is 1.90 bits per heavy atom. The summed E-state index contributed by atoms with van der Waals surface area (Å²) < 4.78 is 5.21. The lowest BCUT2D eigenvalue weighted by molar-refractivity contribution is -0.136. The highest BCUT2D eigenvalue weighted by Crippen LogP contribution is 2.26. The van der Waals surface area contributed by atoms with Crippen LogP contribution in [0, 0.1) is 0 Å². The molecule has 1 N–H and O–H groups in total. The zero-order chi connectivity index (χ0) is 15.1. The second-order valence-corrected chi connectivity index (χ2v) is 5.43. The molecule has 0 aliphatic carbocycles. The van der Waals surface area contributed by atoms with Crippen molar-refractivity contribution in [1.82, 2.24) is 24.9 Å². The molecule has 21 heavy (non-hydrogen) atoms. The smallest absolute Gasteiger partial charge is 0.323 e. The van der Waals surface area contributed by atoms with Gasteiger partial charge in [-0.15, -0.1) is 0 Å². The molecule has 0 radical (unpaired) electrons. The van der Waals surface area contributed by atoms with Crippen LogP contribution in [0.15, 0.2) is 0 Å². The summed E-state index contributed by atoms with van der Waals surface area (Å²) in [7, 11) is 3.27. The van der Waals surface area contributed by atoms with Crippen molar-refractivity contribution in [2.75, 3.05) is 46.9 Å². The fourth-order valence-electron chi connectivity index (χ4n) is 3.00. The standard InChI is InChI=1S/C12H19N5O4/c1-14-9-10(15(2)12(14)20)17(11(19)13-9)7-8(18)16-3-5-21-6-4-16/h9-10H,3-7H2,1-2H3,(H,13,19). The van der Waals surface area contributed by atoms with Gasteiger partial charge in [-0.05, 0) is 0 Å². The van der Waals surface area contributed by atoms with Crippen LogP contribution in [-0.4, -0.2) is 96.8 Å². The molecule has 9 nitrogen and oxygen atoms in total. The quantitative estimate of drug-likeness (QED) is 0.673. The van der Waals surface area contributed by atoms with E-state index < -0.39 is 12.3 Å². The number of fused-ring (bicyclic) bond motifs is 1. The Morgan fingerprint density at radius 1 is 1.24 bits per heavy atom. The number of carbonyl (C=O) groups is 3. The lowest BCUT2D eigenvalue weighted by atomic mass is 10.3.